The molecule has 0 fully saturated rings. The highest BCUT2D eigenvalue weighted by Crippen LogP contribution is 2.56. The summed E-state index contributed by atoms with van der Waals surface area (Å²) in [6.07, 6.45) is 0. The quantitative estimate of drug-likeness (QED) is 0.201. The molecule has 3 aromatic heterocycles. The van der Waals surface area contributed by atoms with E-state index in [1.165, 1.54) is 66.3 Å². The van der Waals surface area contributed by atoms with Gasteiger partial charge in [-0.05, 0) is 68.8 Å². The van der Waals surface area contributed by atoms with Crippen LogP contribution < -0.4 is 0 Å². The average Bonchev–Trinajstić information content (AvgIpc) is 3.78. The van der Waals surface area contributed by atoms with Gasteiger partial charge in [-0.25, -0.2) is 4.98 Å². The van der Waals surface area contributed by atoms with Gasteiger partial charge in [0.05, 0.1) is 22.1 Å². The standard InChI is InChI=1S/C44H28N2/c1-4-13-29(14-5-1)42-43-37-27-30(24-26-36(37)40-21-12-22-41(45-42)46(40)43)31-23-25-35-34-19-10-11-20-38(34)44(39(35)28-31,32-15-6-2-7-16-32)33-17-8-3-9-18-33/h1-28H. The molecule has 46 heavy (non-hydrogen) atoms. The maximum atomic E-state index is 5.12. The van der Waals surface area contributed by atoms with Crippen molar-refractivity contribution >= 4 is 27.5 Å². The third-order valence-electron chi connectivity index (χ3n) is 10.0. The van der Waals surface area contributed by atoms with E-state index in [0.29, 0.717) is 0 Å². The summed E-state index contributed by atoms with van der Waals surface area (Å²) < 4.78 is 2.33. The van der Waals surface area contributed by atoms with Crippen molar-refractivity contribution in [3.8, 4) is 33.5 Å². The molecule has 0 bridgehead atoms. The van der Waals surface area contributed by atoms with E-state index in [9.17, 15) is 0 Å². The predicted octanol–water partition coefficient (Wildman–Crippen LogP) is 10.8. The van der Waals surface area contributed by atoms with Crippen LogP contribution >= 0.6 is 0 Å². The number of hydrogen-bond donors (Lipinski definition) is 0. The van der Waals surface area contributed by atoms with Gasteiger partial charge in [-0.1, -0.05) is 146 Å². The average molecular weight is 585 g/mol. The Morgan fingerprint density at radius 3 is 1.83 bits per heavy atom. The zero-order valence-electron chi connectivity index (χ0n) is 25.1. The minimum Gasteiger partial charge on any atom is -0.292 e. The van der Waals surface area contributed by atoms with Gasteiger partial charge in [-0.2, -0.15) is 0 Å². The summed E-state index contributed by atoms with van der Waals surface area (Å²) in [6.45, 7) is 0. The summed E-state index contributed by atoms with van der Waals surface area (Å²) in [7, 11) is 0. The molecule has 0 atom stereocenters. The topological polar surface area (TPSA) is 17.3 Å². The van der Waals surface area contributed by atoms with Crippen LogP contribution in [0.3, 0.4) is 0 Å². The summed E-state index contributed by atoms with van der Waals surface area (Å²) >= 11 is 0. The van der Waals surface area contributed by atoms with Crippen molar-refractivity contribution in [3.63, 3.8) is 0 Å². The third-order valence-corrected chi connectivity index (χ3v) is 10.0. The van der Waals surface area contributed by atoms with Gasteiger partial charge in [0, 0.05) is 16.3 Å². The number of aromatic nitrogens is 2. The Balaban J connectivity index is 1.25. The third kappa shape index (κ3) is 3.33. The van der Waals surface area contributed by atoms with Crippen molar-refractivity contribution < 1.29 is 0 Å². The van der Waals surface area contributed by atoms with Gasteiger partial charge >= 0.3 is 0 Å². The molecule has 1 aliphatic carbocycles. The molecule has 0 radical (unpaired) electrons. The molecule has 1 aliphatic rings. The van der Waals surface area contributed by atoms with Gasteiger partial charge < -0.3 is 0 Å². The fraction of sp³-hybridized carbons (Fsp3) is 0.0227. The van der Waals surface area contributed by atoms with Crippen molar-refractivity contribution in [1.82, 2.24) is 9.38 Å². The van der Waals surface area contributed by atoms with Crippen LogP contribution in [0.15, 0.2) is 170 Å². The van der Waals surface area contributed by atoms with Crippen molar-refractivity contribution in [2.24, 2.45) is 0 Å². The highest BCUT2D eigenvalue weighted by atomic mass is 15.0. The van der Waals surface area contributed by atoms with E-state index in [0.717, 1.165) is 16.9 Å². The summed E-state index contributed by atoms with van der Waals surface area (Å²) in [4.78, 5) is 5.12. The SMILES string of the molecule is c1ccc(-c2nc3cccc4c5ccc(-c6ccc7c(c6)C(c6ccccc6)(c6ccccc6)c6ccccc6-7)cc5c2n34)cc1. The van der Waals surface area contributed by atoms with Gasteiger partial charge in [0.25, 0.3) is 0 Å². The lowest BCUT2D eigenvalue weighted by Gasteiger charge is -2.34. The maximum absolute atomic E-state index is 5.12. The Bertz CT molecular complexity index is 2520. The largest absolute Gasteiger partial charge is 0.292 e. The molecule has 9 aromatic rings. The molecule has 0 saturated heterocycles. The number of hydrogen-bond acceptors (Lipinski definition) is 1. The fourth-order valence-electron chi connectivity index (χ4n) is 8.12. The van der Waals surface area contributed by atoms with Crippen LogP contribution in [0.4, 0.5) is 0 Å². The summed E-state index contributed by atoms with van der Waals surface area (Å²) in [5.74, 6) is 0. The summed E-state index contributed by atoms with van der Waals surface area (Å²) in [5, 5.41) is 2.48. The first-order valence-electron chi connectivity index (χ1n) is 15.9. The Kier molecular flexibility index (Phi) is 5.24. The summed E-state index contributed by atoms with van der Waals surface area (Å²) in [6, 6.07) is 62.0. The normalized spacial score (nSPS) is 13.4. The molecule has 3 heterocycles. The summed E-state index contributed by atoms with van der Waals surface area (Å²) in [5.41, 5.74) is 15.3. The molecule has 10 rings (SSSR count). The van der Waals surface area contributed by atoms with Crippen LogP contribution in [0, 0.1) is 0 Å². The molecule has 0 aliphatic heterocycles. The van der Waals surface area contributed by atoms with E-state index >= 15 is 0 Å². The molecule has 0 unspecified atom stereocenters. The Hall–Kier alpha value is -5.99. The van der Waals surface area contributed by atoms with Crippen LogP contribution in [0.1, 0.15) is 22.3 Å². The van der Waals surface area contributed by atoms with Gasteiger partial charge in [0.2, 0.25) is 0 Å². The monoisotopic (exact) mass is 584 g/mol. The van der Waals surface area contributed by atoms with Crippen LogP contribution in [0.2, 0.25) is 0 Å². The van der Waals surface area contributed by atoms with Gasteiger partial charge in [-0.3, -0.25) is 4.40 Å². The maximum Gasteiger partial charge on any atom is 0.138 e. The van der Waals surface area contributed by atoms with Crippen LogP contribution in [0.5, 0.6) is 0 Å². The highest BCUT2D eigenvalue weighted by Gasteiger charge is 2.46. The zero-order valence-corrected chi connectivity index (χ0v) is 25.1. The molecular formula is C44H28N2. The van der Waals surface area contributed by atoms with Gasteiger partial charge in [0.15, 0.2) is 0 Å². The second-order valence-corrected chi connectivity index (χ2v) is 12.3. The van der Waals surface area contributed by atoms with E-state index < -0.39 is 5.41 Å². The Morgan fingerprint density at radius 2 is 1.07 bits per heavy atom. The number of nitrogens with zero attached hydrogens (tertiary/aromatic N) is 2. The Morgan fingerprint density at radius 1 is 0.435 bits per heavy atom. The van der Waals surface area contributed by atoms with Gasteiger partial charge in [-0.15, -0.1) is 0 Å². The lowest BCUT2D eigenvalue weighted by atomic mass is 9.67. The number of imidazole rings is 1. The second-order valence-electron chi connectivity index (χ2n) is 12.3. The smallest absolute Gasteiger partial charge is 0.138 e. The lowest BCUT2D eigenvalue weighted by Crippen LogP contribution is -2.28. The molecule has 0 spiro atoms. The molecule has 6 aromatic carbocycles. The van der Waals surface area contributed by atoms with E-state index in [4.69, 9.17) is 4.98 Å². The number of fused-ring (bicyclic) bond motifs is 6. The molecule has 0 saturated carbocycles. The minimum atomic E-state index is -0.421. The number of benzene rings is 6. The first-order chi connectivity index (χ1) is 22.8. The van der Waals surface area contributed by atoms with E-state index in [-0.39, 0.29) is 0 Å². The fourth-order valence-corrected chi connectivity index (χ4v) is 8.12. The van der Waals surface area contributed by atoms with E-state index in [2.05, 4.69) is 174 Å². The molecule has 2 nitrogen and oxygen atoms in total. The van der Waals surface area contributed by atoms with Crippen LogP contribution in [0.25, 0.3) is 61.0 Å². The minimum absolute atomic E-state index is 0.421. The zero-order chi connectivity index (χ0) is 30.2. The molecule has 0 amide bonds. The molecule has 0 N–H and O–H groups in total. The van der Waals surface area contributed by atoms with E-state index in [1.807, 2.05) is 0 Å². The molecular weight excluding hydrogens is 556 g/mol. The van der Waals surface area contributed by atoms with Crippen LogP contribution in [-0.2, 0) is 5.41 Å². The molecule has 2 heteroatoms. The van der Waals surface area contributed by atoms with Gasteiger partial charge in [0.1, 0.15) is 5.65 Å². The van der Waals surface area contributed by atoms with Crippen molar-refractivity contribution in [1.29, 1.82) is 0 Å². The molecule has 214 valence electrons. The van der Waals surface area contributed by atoms with Crippen molar-refractivity contribution in [3.05, 3.63) is 192 Å². The first-order valence-corrected chi connectivity index (χ1v) is 15.9. The van der Waals surface area contributed by atoms with Crippen molar-refractivity contribution in [2.75, 3.05) is 0 Å². The van der Waals surface area contributed by atoms with E-state index in [1.54, 1.807) is 0 Å². The first kappa shape index (κ1) is 25.3. The lowest BCUT2D eigenvalue weighted by molar-refractivity contribution is 0.769. The Labute approximate surface area is 267 Å². The highest BCUT2D eigenvalue weighted by molar-refractivity contribution is 6.14. The number of pyridine rings is 1. The predicted molar refractivity (Wildman–Crippen MR) is 190 cm³/mol. The van der Waals surface area contributed by atoms with Crippen molar-refractivity contribution in [2.45, 2.75) is 5.41 Å². The van der Waals surface area contributed by atoms with Crippen LogP contribution in [-0.4, -0.2) is 9.38 Å². The number of rotatable bonds is 4. The second kappa shape index (κ2) is 9.50.